The van der Waals surface area contributed by atoms with Crippen molar-refractivity contribution in [3.8, 4) is 0 Å². The van der Waals surface area contributed by atoms with Crippen molar-refractivity contribution in [1.82, 2.24) is 23.6 Å². The highest BCUT2D eigenvalue weighted by molar-refractivity contribution is 6.31. The second-order valence-corrected chi connectivity index (χ2v) is 9.67. The molecule has 0 aliphatic carbocycles. The van der Waals surface area contributed by atoms with Crippen LogP contribution in [0, 0.1) is 0 Å². The summed E-state index contributed by atoms with van der Waals surface area (Å²) in [6.07, 6.45) is 0. The largest absolute Gasteiger partial charge is 0.369 e. The number of hydrogen-bond donors (Lipinski definition) is 0. The number of fused-ring (bicyclic) bond motifs is 1. The van der Waals surface area contributed by atoms with E-state index in [1.807, 2.05) is 47.0 Å². The molecule has 0 spiro atoms. The first-order chi connectivity index (χ1) is 16.8. The summed E-state index contributed by atoms with van der Waals surface area (Å²) < 4.78 is 4.46. The van der Waals surface area contributed by atoms with Crippen molar-refractivity contribution in [2.75, 3.05) is 31.1 Å². The van der Waals surface area contributed by atoms with Gasteiger partial charge in [0.2, 0.25) is 0 Å². The molecule has 0 radical (unpaired) electrons. The van der Waals surface area contributed by atoms with Crippen LogP contribution in [0.25, 0.3) is 11.2 Å². The number of anilines is 1. The lowest BCUT2D eigenvalue weighted by Gasteiger charge is -2.36. The second kappa shape index (κ2) is 9.53. The molecule has 0 N–H and O–H groups in total. The molecule has 10 heteroatoms. The van der Waals surface area contributed by atoms with Gasteiger partial charge in [0.25, 0.3) is 5.56 Å². The van der Waals surface area contributed by atoms with Crippen molar-refractivity contribution < 1.29 is 0 Å². The van der Waals surface area contributed by atoms with E-state index in [1.54, 1.807) is 7.05 Å². The Morgan fingerprint density at radius 2 is 1.63 bits per heavy atom. The zero-order chi connectivity index (χ0) is 24.7. The fraction of sp³-hybridized carbons (Fsp3) is 0.320. The van der Waals surface area contributed by atoms with Crippen LogP contribution >= 0.6 is 23.2 Å². The standard InChI is InChI=1S/C25H26Cl2N6O2/c1-29-23-22(24(34)30(2)25(29)35)33(15-17-6-3-4-9-20(17)27)21(28-23)16-31-10-12-32(13-11-31)19-8-5-7-18(26)14-19/h3-9,14H,10-13,15-16H2,1-2H3. The molecule has 1 aliphatic rings. The molecule has 182 valence electrons. The lowest BCUT2D eigenvalue weighted by Crippen LogP contribution is -2.46. The summed E-state index contributed by atoms with van der Waals surface area (Å²) in [6.45, 7) is 4.31. The van der Waals surface area contributed by atoms with Gasteiger partial charge in [-0.25, -0.2) is 9.78 Å². The molecule has 1 aliphatic heterocycles. The first kappa shape index (κ1) is 23.7. The minimum atomic E-state index is -0.397. The van der Waals surface area contributed by atoms with Crippen LogP contribution in [-0.2, 0) is 27.2 Å². The Hall–Kier alpha value is -3.07. The van der Waals surface area contributed by atoms with Gasteiger partial charge in [0.05, 0.1) is 13.1 Å². The fourth-order valence-corrected chi connectivity index (χ4v) is 5.00. The fourth-order valence-electron chi connectivity index (χ4n) is 4.62. The predicted molar refractivity (Wildman–Crippen MR) is 140 cm³/mol. The van der Waals surface area contributed by atoms with Crippen LogP contribution in [0.15, 0.2) is 58.1 Å². The van der Waals surface area contributed by atoms with E-state index < -0.39 is 5.69 Å². The van der Waals surface area contributed by atoms with Crippen LogP contribution in [0.4, 0.5) is 5.69 Å². The summed E-state index contributed by atoms with van der Waals surface area (Å²) in [4.78, 5) is 35.1. The monoisotopic (exact) mass is 512 g/mol. The average Bonchev–Trinajstić information content (AvgIpc) is 3.21. The van der Waals surface area contributed by atoms with Gasteiger partial charge in [0, 0.05) is 56.0 Å². The lowest BCUT2D eigenvalue weighted by atomic mass is 10.2. The van der Waals surface area contributed by atoms with Crippen molar-refractivity contribution >= 4 is 40.1 Å². The molecule has 1 saturated heterocycles. The summed E-state index contributed by atoms with van der Waals surface area (Å²) in [6, 6.07) is 15.5. The van der Waals surface area contributed by atoms with Gasteiger partial charge in [0.1, 0.15) is 5.82 Å². The van der Waals surface area contributed by atoms with E-state index in [0.717, 1.165) is 52.8 Å². The number of nitrogens with zero attached hydrogens (tertiary/aromatic N) is 6. The Morgan fingerprint density at radius 1 is 0.886 bits per heavy atom. The molecule has 0 amide bonds. The molecule has 4 aromatic rings. The topological polar surface area (TPSA) is 68.3 Å². The molecule has 3 heterocycles. The number of aromatic nitrogens is 4. The number of halogens is 2. The molecule has 0 saturated carbocycles. The third-order valence-corrected chi connectivity index (χ3v) is 7.23. The summed E-state index contributed by atoms with van der Waals surface area (Å²) in [5.41, 5.74) is 2.03. The normalized spacial score (nSPS) is 14.7. The van der Waals surface area contributed by atoms with E-state index >= 15 is 0 Å². The van der Waals surface area contributed by atoms with E-state index in [0.29, 0.717) is 29.3 Å². The number of benzene rings is 2. The Morgan fingerprint density at radius 3 is 2.34 bits per heavy atom. The molecule has 0 atom stereocenters. The molecule has 2 aromatic heterocycles. The number of piperazine rings is 1. The minimum absolute atomic E-state index is 0.361. The van der Waals surface area contributed by atoms with Crippen LogP contribution < -0.4 is 16.1 Å². The van der Waals surface area contributed by atoms with Crippen molar-refractivity contribution in [3.05, 3.63) is 90.8 Å². The van der Waals surface area contributed by atoms with Crippen LogP contribution in [0.1, 0.15) is 11.4 Å². The zero-order valence-electron chi connectivity index (χ0n) is 19.6. The first-order valence-corrected chi connectivity index (χ1v) is 12.2. The smallest absolute Gasteiger partial charge is 0.332 e. The van der Waals surface area contributed by atoms with Gasteiger partial charge in [-0.1, -0.05) is 47.5 Å². The quantitative estimate of drug-likeness (QED) is 0.411. The maximum absolute atomic E-state index is 13.2. The maximum Gasteiger partial charge on any atom is 0.332 e. The Bertz CT molecular complexity index is 1510. The highest BCUT2D eigenvalue weighted by Gasteiger charge is 2.23. The van der Waals surface area contributed by atoms with E-state index in [4.69, 9.17) is 28.2 Å². The zero-order valence-corrected chi connectivity index (χ0v) is 21.1. The second-order valence-electron chi connectivity index (χ2n) is 8.83. The molecular formula is C25H26Cl2N6O2. The summed E-state index contributed by atoms with van der Waals surface area (Å²) in [5, 5.41) is 1.35. The van der Waals surface area contributed by atoms with Crippen molar-refractivity contribution in [2.24, 2.45) is 14.1 Å². The van der Waals surface area contributed by atoms with E-state index in [2.05, 4.69) is 15.9 Å². The number of rotatable bonds is 5. The van der Waals surface area contributed by atoms with Gasteiger partial charge in [0.15, 0.2) is 11.2 Å². The third kappa shape index (κ3) is 4.49. The van der Waals surface area contributed by atoms with Gasteiger partial charge in [-0.15, -0.1) is 0 Å². The van der Waals surface area contributed by atoms with Crippen LogP contribution in [0.2, 0.25) is 10.0 Å². The number of imidazole rings is 1. The van der Waals surface area contributed by atoms with Crippen molar-refractivity contribution in [3.63, 3.8) is 0 Å². The molecular weight excluding hydrogens is 487 g/mol. The minimum Gasteiger partial charge on any atom is -0.369 e. The van der Waals surface area contributed by atoms with Crippen molar-refractivity contribution in [2.45, 2.75) is 13.1 Å². The highest BCUT2D eigenvalue weighted by Crippen LogP contribution is 2.23. The lowest BCUT2D eigenvalue weighted by molar-refractivity contribution is 0.241. The molecule has 0 bridgehead atoms. The van der Waals surface area contributed by atoms with Gasteiger partial charge >= 0.3 is 5.69 Å². The van der Waals surface area contributed by atoms with Crippen molar-refractivity contribution in [1.29, 1.82) is 0 Å². The van der Waals surface area contributed by atoms with Gasteiger partial charge in [-0.3, -0.25) is 18.8 Å². The third-order valence-electron chi connectivity index (χ3n) is 6.62. The number of hydrogen-bond acceptors (Lipinski definition) is 5. The maximum atomic E-state index is 13.2. The molecule has 8 nitrogen and oxygen atoms in total. The Labute approximate surface area is 212 Å². The summed E-state index contributed by atoms with van der Waals surface area (Å²) in [7, 11) is 3.14. The predicted octanol–water partition coefficient (Wildman–Crippen LogP) is 3.11. The molecule has 1 fully saturated rings. The van der Waals surface area contributed by atoms with E-state index in [-0.39, 0.29) is 5.56 Å². The van der Waals surface area contributed by atoms with Gasteiger partial charge in [-0.2, -0.15) is 0 Å². The first-order valence-electron chi connectivity index (χ1n) is 11.4. The average molecular weight is 513 g/mol. The van der Waals surface area contributed by atoms with Gasteiger partial charge in [-0.05, 0) is 29.8 Å². The SMILES string of the molecule is Cn1c(=O)c2c(nc(CN3CCN(c4cccc(Cl)c4)CC3)n2Cc2ccccc2Cl)n(C)c1=O. The number of aryl methyl sites for hydroxylation is 1. The Kier molecular flexibility index (Phi) is 6.44. The summed E-state index contributed by atoms with van der Waals surface area (Å²) >= 11 is 12.6. The van der Waals surface area contributed by atoms with Crippen LogP contribution in [0.3, 0.4) is 0 Å². The Balaban J connectivity index is 1.48. The van der Waals surface area contributed by atoms with Crippen LogP contribution in [0.5, 0.6) is 0 Å². The molecule has 2 aromatic carbocycles. The van der Waals surface area contributed by atoms with Crippen LogP contribution in [-0.4, -0.2) is 49.8 Å². The van der Waals surface area contributed by atoms with E-state index in [1.165, 1.54) is 11.6 Å². The molecule has 0 unspecified atom stereocenters. The van der Waals surface area contributed by atoms with Gasteiger partial charge < -0.3 is 9.47 Å². The highest BCUT2D eigenvalue weighted by atomic mass is 35.5. The summed E-state index contributed by atoms with van der Waals surface area (Å²) in [5.74, 6) is 0.731. The molecule has 35 heavy (non-hydrogen) atoms. The van der Waals surface area contributed by atoms with E-state index in [9.17, 15) is 9.59 Å². The molecule has 5 rings (SSSR count).